The Labute approximate surface area is 83.5 Å². The normalized spacial score (nSPS) is 19.4. The Hall–Kier alpha value is -1.22. The quantitative estimate of drug-likeness (QED) is 0.752. The van der Waals surface area contributed by atoms with E-state index in [1.54, 1.807) is 12.1 Å². The van der Waals surface area contributed by atoms with Crippen molar-refractivity contribution in [2.45, 2.75) is 25.8 Å². The van der Waals surface area contributed by atoms with Gasteiger partial charge < -0.3 is 15.6 Å². The van der Waals surface area contributed by atoms with Gasteiger partial charge >= 0.3 is 0 Å². The summed E-state index contributed by atoms with van der Waals surface area (Å²) in [7, 11) is 0. The summed E-state index contributed by atoms with van der Waals surface area (Å²) in [6.07, 6.45) is 1.75. The number of hydrogen-bond donors (Lipinski definition) is 2. The van der Waals surface area contributed by atoms with Gasteiger partial charge in [-0.25, -0.2) is 0 Å². The molecule has 2 rings (SSSR count). The Balaban J connectivity index is 2.49. The van der Waals surface area contributed by atoms with Crippen LogP contribution in [0.15, 0.2) is 12.1 Å². The van der Waals surface area contributed by atoms with E-state index in [4.69, 9.17) is 10.5 Å². The van der Waals surface area contributed by atoms with Crippen molar-refractivity contribution in [3.05, 3.63) is 23.3 Å². The van der Waals surface area contributed by atoms with Gasteiger partial charge in [0.25, 0.3) is 0 Å². The summed E-state index contributed by atoms with van der Waals surface area (Å²) in [5.74, 6) is 1.17. The van der Waals surface area contributed by atoms with E-state index in [9.17, 15) is 5.11 Å². The van der Waals surface area contributed by atoms with E-state index in [0.717, 1.165) is 29.7 Å². The van der Waals surface area contributed by atoms with Gasteiger partial charge in [0.2, 0.25) is 0 Å². The van der Waals surface area contributed by atoms with Gasteiger partial charge in [-0.05, 0) is 31.9 Å². The largest absolute Gasteiger partial charge is 0.508 e. The predicted octanol–water partition coefficient (Wildman–Crippen LogP) is 1.74. The Kier molecular flexibility index (Phi) is 2.33. The fourth-order valence-corrected chi connectivity index (χ4v) is 2.03. The number of rotatable bonds is 2. The van der Waals surface area contributed by atoms with E-state index >= 15 is 0 Å². The highest BCUT2D eigenvalue weighted by atomic mass is 16.5. The first kappa shape index (κ1) is 9.34. The SMILES string of the molecule is CCOc1ccc(O)c2c1C(N)CC2. The van der Waals surface area contributed by atoms with Crippen molar-refractivity contribution < 1.29 is 9.84 Å². The van der Waals surface area contributed by atoms with Crippen LogP contribution in [0.25, 0.3) is 0 Å². The summed E-state index contributed by atoms with van der Waals surface area (Å²) >= 11 is 0. The standard InChI is InChI=1S/C11H15NO2/c1-2-14-10-6-5-9(13)7-3-4-8(12)11(7)10/h5-6,8,13H,2-4,12H2,1H3. The molecule has 0 saturated carbocycles. The van der Waals surface area contributed by atoms with Crippen molar-refractivity contribution >= 4 is 0 Å². The van der Waals surface area contributed by atoms with Crippen molar-refractivity contribution in [2.24, 2.45) is 5.73 Å². The van der Waals surface area contributed by atoms with Crippen LogP contribution < -0.4 is 10.5 Å². The second kappa shape index (κ2) is 3.50. The third-order valence-electron chi connectivity index (χ3n) is 2.67. The van der Waals surface area contributed by atoms with Crippen molar-refractivity contribution in [1.82, 2.24) is 0 Å². The third kappa shape index (κ3) is 1.34. The summed E-state index contributed by atoms with van der Waals surface area (Å²) in [4.78, 5) is 0. The highest BCUT2D eigenvalue weighted by Crippen LogP contribution is 2.41. The lowest BCUT2D eigenvalue weighted by Crippen LogP contribution is -2.08. The van der Waals surface area contributed by atoms with E-state index in [1.165, 1.54) is 0 Å². The van der Waals surface area contributed by atoms with Crippen LogP contribution in [0.2, 0.25) is 0 Å². The maximum Gasteiger partial charge on any atom is 0.124 e. The van der Waals surface area contributed by atoms with E-state index < -0.39 is 0 Å². The van der Waals surface area contributed by atoms with Crippen LogP contribution >= 0.6 is 0 Å². The molecule has 0 heterocycles. The highest BCUT2D eigenvalue weighted by Gasteiger charge is 2.25. The topological polar surface area (TPSA) is 55.5 Å². The Morgan fingerprint density at radius 2 is 2.36 bits per heavy atom. The number of phenols is 1. The van der Waals surface area contributed by atoms with Crippen molar-refractivity contribution in [1.29, 1.82) is 0 Å². The van der Waals surface area contributed by atoms with Gasteiger partial charge in [-0.2, -0.15) is 0 Å². The molecule has 1 atom stereocenters. The van der Waals surface area contributed by atoms with Gasteiger partial charge in [0.05, 0.1) is 6.61 Å². The van der Waals surface area contributed by atoms with E-state index in [1.807, 2.05) is 6.92 Å². The molecule has 0 fully saturated rings. The number of aromatic hydroxyl groups is 1. The van der Waals surface area contributed by atoms with Crippen molar-refractivity contribution in [2.75, 3.05) is 6.61 Å². The van der Waals surface area contributed by atoms with Gasteiger partial charge in [-0.3, -0.25) is 0 Å². The zero-order chi connectivity index (χ0) is 10.1. The van der Waals surface area contributed by atoms with Gasteiger partial charge in [0, 0.05) is 17.2 Å². The first-order chi connectivity index (χ1) is 6.74. The molecular formula is C11H15NO2. The molecule has 1 aromatic carbocycles. The predicted molar refractivity (Wildman–Crippen MR) is 54.5 cm³/mol. The molecule has 0 saturated heterocycles. The second-order valence-electron chi connectivity index (χ2n) is 3.55. The van der Waals surface area contributed by atoms with E-state index in [-0.39, 0.29) is 6.04 Å². The minimum atomic E-state index is 0.0126. The Morgan fingerprint density at radius 3 is 3.07 bits per heavy atom. The second-order valence-corrected chi connectivity index (χ2v) is 3.55. The molecule has 1 aliphatic carbocycles. The molecule has 0 spiro atoms. The molecule has 3 nitrogen and oxygen atoms in total. The van der Waals surface area contributed by atoms with Gasteiger partial charge in [-0.15, -0.1) is 0 Å². The number of benzene rings is 1. The van der Waals surface area contributed by atoms with Crippen LogP contribution in [0.4, 0.5) is 0 Å². The van der Waals surface area contributed by atoms with E-state index in [2.05, 4.69) is 0 Å². The molecule has 0 bridgehead atoms. The molecule has 3 N–H and O–H groups in total. The Bertz CT molecular complexity index is 349. The molecule has 76 valence electrons. The summed E-state index contributed by atoms with van der Waals surface area (Å²) in [6, 6.07) is 3.49. The van der Waals surface area contributed by atoms with Crippen LogP contribution in [0, 0.1) is 0 Å². The molecule has 1 aliphatic rings. The van der Waals surface area contributed by atoms with Gasteiger partial charge in [0.15, 0.2) is 0 Å². The zero-order valence-electron chi connectivity index (χ0n) is 8.29. The monoisotopic (exact) mass is 193 g/mol. The molecule has 1 aromatic rings. The van der Waals surface area contributed by atoms with Crippen molar-refractivity contribution in [3.63, 3.8) is 0 Å². The minimum Gasteiger partial charge on any atom is -0.508 e. The minimum absolute atomic E-state index is 0.0126. The lowest BCUT2D eigenvalue weighted by atomic mass is 10.1. The number of phenolic OH excluding ortho intramolecular Hbond substituents is 1. The van der Waals surface area contributed by atoms with E-state index in [0.29, 0.717) is 12.4 Å². The lowest BCUT2D eigenvalue weighted by Gasteiger charge is -2.13. The molecule has 0 aromatic heterocycles. The third-order valence-corrected chi connectivity index (χ3v) is 2.67. The molecule has 14 heavy (non-hydrogen) atoms. The maximum atomic E-state index is 9.63. The molecular weight excluding hydrogens is 178 g/mol. The highest BCUT2D eigenvalue weighted by molar-refractivity contribution is 5.52. The summed E-state index contributed by atoms with van der Waals surface area (Å²) < 4.78 is 5.48. The molecule has 3 heteroatoms. The fraction of sp³-hybridized carbons (Fsp3) is 0.455. The van der Waals surface area contributed by atoms with Gasteiger partial charge in [0.1, 0.15) is 11.5 Å². The zero-order valence-corrected chi connectivity index (χ0v) is 8.29. The number of nitrogens with two attached hydrogens (primary N) is 1. The fourth-order valence-electron chi connectivity index (χ4n) is 2.03. The molecule has 0 amide bonds. The smallest absolute Gasteiger partial charge is 0.124 e. The first-order valence-corrected chi connectivity index (χ1v) is 4.97. The maximum absolute atomic E-state index is 9.63. The average Bonchev–Trinajstić information content (AvgIpc) is 2.55. The number of fused-ring (bicyclic) bond motifs is 1. The number of ether oxygens (including phenoxy) is 1. The summed E-state index contributed by atoms with van der Waals surface area (Å²) in [5, 5.41) is 9.63. The molecule has 1 unspecified atom stereocenters. The van der Waals surface area contributed by atoms with Crippen LogP contribution in [0.5, 0.6) is 11.5 Å². The van der Waals surface area contributed by atoms with Crippen LogP contribution in [0.1, 0.15) is 30.5 Å². The average molecular weight is 193 g/mol. The molecule has 0 aliphatic heterocycles. The first-order valence-electron chi connectivity index (χ1n) is 4.97. The van der Waals surface area contributed by atoms with Crippen LogP contribution in [0.3, 0.4) is 0 Å². The summed E-state index contributed by atoms with van der Waals surface area (Å²) in [6.45, 7) is 2.57. The molecule has 0 radical (unpaired) electrons. The van der Waals surface area contributed by atoms with Crippen LogP contribution in [-0.2, 0) is 6.42 Å². The summed E-state index contributed by atoms with van der Waals surface area (Å²) in [5.41, 5.74) is 7.91. The van der Waals surface area contributed by atoms with Crippen molar-refractivity contribution in [3.8, 4) is 11.5 Å². The number of hydrogen-bond acceptors (Lipinski definition) is 3. The van der Waals surface area contributed by atoms with Crippen LogP contribution in [-0.4, -0.2) is 11.7 Å². The Morgan fingerprint density at radius 1 is 1.57 bits per heavy atom. The lowest BCUT2D eigenvalue weighted by molar-refractivity contribution is 0.334. The van der Waals surface area contributed by atoms with Gasteiger partial charge in [-0.1, -0.05) is 0 Å².